The van der Waals surface area contributed by atoms with Crippen molar-refractivity contribution in [2.45, 2.75) is 20.3 Å². The zero-order valence-electron chi connectivity index (χ0n) is 14.3. The molecule has 0 bridgehead atoms. The molecule has 2 heterocycles. The van der Waals surface area contributed by atoms with Gasteiger partial charge in [0.15, 0.2) is 5.96 Å². The molecular weight excluding hydrogens is 379 g/mol. The minimum atomic E-state index is 0.506. The Morgan fingerprint density at radius 1 is 1.28 bits per heavy atom. The number of rotatable bonds is 8. The second kappa shape index (κ2) is 10.4. The predicted molar refractivity (Wildman–Crippen MR) is 107 cm³/mol. The first-order valence-corrected chi connectivity index (χ1v) is 9.70. The van der Waals surface area contributed by atoms with E-state index in [9.17, 15) is 0 Å². The third kappa shape index (κ3) is 7.05. The summed E-state index contributed by atoms with van der Waals surface area (Å²) in [4.78, 5) is 13.2. The molecule has 0 saturated heterocycles. The molecule has 0 amide bonds. The van der Waals surface area contributed by atoms with Crippen LogP contribution in [0, 0.1) is 6.92 Å². The van der Waals surface area contributed by atoms with Crippen molar-refractivity contribution in [1.82, 2.24) is 20.6 Å². The van der Waals surface area contributed by atoms with Crippen molar-refractivity contribution in [1.29, 1.82) is 0 Å². The fourth-order valence-electron chi connectivity index (χ4n) is 2.05. The number of nitrogens with one attached hydrogen (secondary N) is 3. The first-order valence-electron chi connectivity index (χ1n) is 8.06. The number of thiazole rings is 1. The molecule has 0 saturated carbocycles. The smallest absolute Gasteiger partial charge is 0.191 e. The van der Waals surface area contributed by atoms with E-state index in [-0.39, 0.29) is 0 Å². The first kappa shape index (κ1) is 19.8. The van der Waals surface area contributed by atoms with Crippen molar-refractivity contribution in [3.8, 4) is 0 Å². The number of aliphatic imine (C=N–C) groups is 1. The SMILES string of the molecule is CCNC(=NCCc1csc(C)n1)NCCNc1ncc(Cl)cc1Cl. The van der Waals surface area contributed by atoms with Crippen molar-refractivity contribution in [2.24, 2.45) is 4.99 Å². The van der Waals surface area contributed by atoms with Crippen LogP contribution in [0.3, 0.4) is 0 Å². The summed E-state index contributed by atoms with van der Waals surface area (Å²) in [6, 6.07) is 1.66. The van der Waals surface area contributed by atoms with Gasteiger partial charge in [-0.2, -0.15) is 0 Å². The highest BCUT2D eigenvalue weighted by Gasteiger charge is 2.03. The van der Waals surface area contributed by atoms with E-state index in [2.05, 4.69) is 36.3 Å². The minimum Gasteiger partial charge on any atom is -0.367 e. The summed E-state index contributed by atoms with van der Waals surface area (Å²) in [6.45, 7) is 6.89. The van der Waals surface area contributed by atoms with Crippen LogP contribution in [0.15, 0.2) is 22.6 Å². The molecule has 0 aliphatic carbocycles. The van der Waals surface area contributed by atoms with Crippen molar-refractivity contribution >= 4 is 46.3 Å². The Labute approximate surface area is 162 Å². The molecule has 0 fully saturated rings. The number of nitrogens with zero attached hydrogens (tertiary/aromatic N) is 3. The molecule has 0 unspecified atom stereocenters. The lowest BCUT2D eigenvalue weighted by Crippen LogP contribution is -2.39. The van der Waals surface area contributed by atoms with Gasteiger partial charge in [0, 0.05) is 44.2 Å². The fraction of sp³-hybridized carbons (Fsp3) is 0.438. The molecule has 9 heteroatoms. The highest BCUT2D eigenvalue weighted by atomic mass is 35.5. The third-order valence-corrected chi connectivity index (χ3v) is 4.48. The highest BCUT2D eigenvalue weighted by Crippen LogP contribution is 2.21. The van der Waals surface area contributed by atoms with E-state index < -0.39 is 0 Å². The average molecular weight is 401 g/mol. The van der Waals surface area contributed by atoms with E-state index in [0.29, 0.717) is 35.5 Å². The van der Waals surface area contributed by atoms with Gasteiger partial charge in [-0.15, -0.1) is 11.3 Å². The largest absolute Gasteiger partial charge is 0.367 e. The van der Waals surface area contributed by atoms with Crippen molar-refractivity contribution in [2.75, 3.05) is 31.5 Å². The zero-order valence-corrected chi connectivity index (χ0v) is 16.6. The number of halogens is 2. The van der Waals surface area contributed by atoms with Crippen LogP contribution >= 0.6 is 34.5 Å². The number of aryl methyl sites for hydroxylation is 1. The molecule has 0 spiro atoms. The Morgan fingerprint density at radius 2 is 2.12 bits per heavy atom. The maximum atomic E-state index is 6.08. The van der Waals surface area contributed by atoms with Crippen LogP contribution in [-0.2, 0) is 6.42 Å². The maximum absolute atomic E-state index is 6.08. The van der Waals surface area contributed by atoms with Gasteiger partial charge in [-0.25, -0.2) is 9.97 Å². The fourth-order valence-corrected chi connectivity index (χ4v) is 3.15. The lowest BCUT2D eigenvalue weighted by molar-refractivity contribution is 0.811. The van der Waals surface area contributed by atoms with Gasteiger partial charge < -0.3 is 16.0 Å². The first-order chi connectivity index (χ1) is 12.1. The number of aromatic nitrogens is 2. The van der Waals surface area contributed by atoms with Crippen LogP contribution < -0.4 is 16.0 Å². The Balaban J connectivity index is 1.75. The number of hydrogen-bond acceptors (Lipinski definition) is 5. The molecule has 2 rings (SSSR count). The number of pyridine rings is 1. The molecule has 0 atom stereocenters. The van der Waals surface area contributed by atoms with E-state index >= 15 is 0 Å². The van der Waals surface area contributed by atoms with E-state index in [4.69, 9.17) is 23.2 Å². The van der Waals surface area contributed by atoms with Gasteiger partial charge in [-0.1, -0.05) is 23.2 Å². The molecule has 2 aromatic rings. The Bertz CT molecular complexity index is 704. The maximum Gasteiger partial charge on any atom is 0.191 e. The van der Waals surface area contributed by atoms with E-state index in [1.165, 1.54) is 0 Å². The van der Waals surface area contributed by atoms with Gasteiger partial charge in [0.1, 0.15) is 5.82 Å². The van der Waals surface area contributed by atoms with E-state index in [1.807, 2.05) is 13.8 Å². The molecule has 6 nitrogen and oxygen atoms in total. The summed E-state index contributed by atoms with van der Waals surface area (Å²) >= 11 is 13.6. The van der Waals surface area contributed by atoms with Crippen LogP contribution in [0.1, 0.15) is 17.6 Å². The second-order valence-corrected chi connectivity index (χ2v) is 7.11. The molecule has 0 aliphatic heterocycles. The van der Waals surface area contributed by atoms with E-state index in [0.717, 1.165) is 29.6 Å². The molecule has 2 aromatic heterocycles. The molecular formula is C16H22Cl2N6S. The average Bonchev–Trinajstić information content (AvgIpc) is 2.98. The van der Waals surface area contributed by atoms with E-state index in [1.54, 1.807) is 23.6 Å². The Hall–Kier alpha value is -1.57. The van der Waals surface area contributed by atoms with Gasteiger partial charge in [0.05, 0.1) is 20.7 Å². The third-order valence-electron chi connectivity index (χ3n) is 3.17. The quantitative estimate of drug-likeness (QED) is 0.359. The van der Waals surface area contributed by atoms with Crippen LogP contribution in [-0.4, -0.2) is 42.1 Å². The van der Waals surface area contributed by atoms with Crippen molar-refractivity contribution in [3.05, 3.63) is 38.4 Å². The second-order valence-electron chi connectivity index (χ2n) is 5.21. The van der Waals surface area contributed by atoms with Crippen LogP contribution in [0.25, 0.3) is 0 Å². The molecule has 0 aliphatic rings. The Kier molecular flexibility index (Phi) is 8.24. The monoisotopic (exact) mass is 400 g/mol. The topological polar surface area (TPSA) is 74.2 Å². The number of anilines is 1. The van der Waals surface area contributed by atoms with Gasteiger partial charge in [-0.3, -0.25) is 4.99 Å². The standard InChI is InChI=1S/C16H22Cl2N6S/c1-3-19-16(21-5-4-13-10-25-11(2)24-13)22-7-6-20-15-14(18)8-12(17)9-23-15/h8-10H,3-7H2,1-2H3,(H,20,23)(H2,19,21,22). The minimum absolute atomic E-state index is 0.506. The molecule has 136 valence electrons. The lowest BCUT2D eigenvalue weighted by atomic mass is 10.3. The molecule has 0 aromatic carbocycles. The summed E-state index contributed by atoms with van der Waals surface area (Å²) < 4.78 is 0. The predicted octanol–water partition coefficient (Wildman–Crippen LogP) is 3.36. The summed E-state index contributed by atoms with van der Waals surface area (Å²) in [6.07, 6.45) is 2.40. The van der Waals surface area contributed by atoms with Gasteiger partial charge in [-0.05, 0) is 19.9 Å². The Morgan fingerprint density at radius 3 is 2.80 bits per heavy atom. The summed E-state index contributed by atoms with van der Waals surface area (Å²) in [7, 11) is 0. The van der Waals surface area contributed by atoms with Crippen LogP contribution in [0.5, 0.6) is 0 Å². The van der Waals surface area contributed by atoms with Crippen LogP contribution in [0.2, 0.25) is 10.0 Å². The summed E-state index contributed by atoms with van der Waals surface area (Å²) in [5, 5.41) is 13.9. The zero-order chi connectivity index (χ0) is 18.1. The van der Waals surface area contributed by atoms with Crippen LogP contribution in [0.4, 0.5) is 5.82 Å². The molecule has 25 heavy (non-hydrogen) atoms. The van der Waals surface area contributed by atoms with Gasteiger partial charge in [0.2, 0.25) is 0 Å². The summed E-state index contributed by atoms with van der Waals surface area (Å²) in [5.41, 5.74) is 1.09. The van der Waals surface area contributed by atoms with Gasteiger partial charge >= 0.3 is 0 Å². The molecule has 3 N–H and O–H groups in total. The number of guanidine groups is 1. The highest BCUT2D eigenvalue weighted by molar-refractivity contribution is 7.09. The van der Waals surface area contributed by atoms with Crippen molar-refractivity contribution in [3.63, 3.8) is 0 Å². The normalized spacial score (nSPS) is 11.4. The van der Waals surface area contributed by atoms with Crippen molar-refractivity contribution < 1.29 is 0 Å². The molecule has 0 radical (unpaired) electrons. The van der Waals surface area contributed by atoms with Gasteiger partial charge in [0.25, 0.3) is 0 Å². The lowest BCUT2D eigenvalue weighted by Gasteiger charge is -2.12. The summed E-state index contributed by atoms with van der Waals surface area (Å²) in [5.74, 6) is 1.40. The number of hydrogen-bond donors (Lipinski definition) is 3.